The van der Waals surface area contributed by atoms with Crippen LogP contribution in [0.3, 0.4) is 0 Å². The number of amides is 1. The smallest absolute Gasteiger partial charge is 0.243 e. The molecule has 0 radical (unpaired) electrons. The molecule has 2 aromatic carbocycles. The van der Waals surface area contributed by atoms with Crippen LogP contribution < -0.4 is 4.74 Å². The van der Waals surface area contributed by atoms with Crippen molar-refractivity contribution in [3.8, 4) is 5.75 Å². The number of benzene rings is 2. The standard InChI is InChI=1S/C30H36N2O4S2/c1-21(2)24-8-10-25(11-9-24)36-20-28-27-15-17-37-29(27)14-16-32(28)30(33)19-31(18-23-6-7-23)38(34,35)26-12-4-22(3)5-13-26/h4-5,8-13,15,17,21,23,28H,6-7,14,16,18-20H2,1-3H3/t28-/m1/s1. The van der Waals surface area contributed by atoms with Crippen molar-refractivity contribution < 1.29 is 17.9 Å². The molecule has 1 amide bonds. The van der Waals surface area contributed by atoms with Gasteiger partial charge in [0.1, 0.15) is 12.4 Å². The number of fused-ring (bicyclic) bond motifs is 1. The lowest BCUT2D eigenvalue weighted by atomic mass is 10.0. The summed E-state index contributed by atoms with van der Waals surface area (Å²) in [6.07, 6.45) is 2.77. The normalized spacial score (nSPS) is 17.6. The van der Waals surface area contributed by atoms with Crippen LogP contribution in [0.15, 0.2) is 64.9 Å². The number of ether oxygens (including phenoxy) is 1. The van der Waals surface area contributed by atoms with E-state index in [1.807, 2.05) is 24.0 Å². The summed E-state index contributed by atoms with van der Waals surface area (Å²) in [6.45, 7) is 7.33. The quantitative estimate of drug-likeness (QED) is 0.320. The average molecular weight is 553 g/mol. The molecule has 6 nitrogen and oxygen atoms in total. The zero-order valence-electron chi connectivity index (χ0n) is 22.3. The number of aryl methyl sites for hydroxylation is 1. The van der Waals surface area contributed by atoms with Crippen molar-refractivity contribution >= 4 is 27.3 Å². The second-order valence-corrected chi connectivity index (χ2v) is 13.7. The highest BCUT2D eigenvalue weighted by Crippen LogP contribution is 2.35. The molecule has 0 bridgehead atoms. The van der Waals surface area contributed by atoms with Gasteiger partial charge >= 0.3 is 0 Å². The molecule has 2 aliphatic rings. The van der Waals surface area contributed by atoms with Crippen LogP contribution in [0.5, 0.6) is 5.75 Å². The summed E-state index contributed by atoms with van der Waals surface area (Å²) in [7, 11) is -3.78. The van der Waals surface area contributed by atoms with E-state index in [2.05, 4.69) is 37.4 Å². The highest BCUT2D eigenvalue weighted by Gasteiger charge is 2.37. The number of rotatable bonds is 10. The van der Waals surface area contributed by atoms with Gasteiger partial charge in [0.25, 0.3) is 0 Å². The van der Waals surface area contributed by atoms with Crippen LogP contribution in [0, 0.1) is 12.8 Å². The van der Waals surface area contributed by atoms with E-state index in [1.54, 1.807) is 35.6 Å². The molecule has 0 unspecified atom stereocenters. The fourth-order valence-electron chi connectivity index (χ4n) is 4.94. The lowest BCUT2D eigenvalue weighted by Crippen LogP contribution is -2.48. The first kappa shape index (κ1) is 26.9. The van der Waals surface area contributed by atoms with Crippen LogP contribution >= 0.6 is 11.3 Å². The maximum Gasteiger partial charge on any atom is 0.243 e. The van der Waals surface area contributed by atoms with Crippen LogP contribution in [0.2, 0.25) is 0 Å². The third kappa shape index (κ3) is 5.98. The molecule has 8 heteroatoms. The molecule has 1 saturated carbocycles. The highest BCUT2D eigenvalue weighted by atomic mass is 32.2. The van der Waals surface area contributed by atoms with Crippen molar-refractivity contribution in [3.05, 3.63) is 81.5 Å². The number of thiophene rings is 1. The Morgan fingerprint density at radius 3 is 2.45 bits per heavy atom. The minimum absolute atomic E-state index is 0.161. The fourth-order valence-corrected chi connectivity index (χ4v) is 7.33. The fraction of sp³-hybridized carbons (Fsp3) is 0.433. The molecule has 0 N–H and O–H groups in total. The molecule has 202 valence electrons. The van der Waals surface area contributed by atoms with Crippen molar-refractivity contribution in [1.82, 2.24) is 9.21 Å². The van der Waals surface area contributed by atoms with Crippen LogP contribution in [0.25, 0.3) is 0 Å². The van der Waals surface area contributed by atoms with E-state index in [0.717, 1.165) is 36.1 Å². The molecule has 1 aliphatic carbocycles. The summed E-state index contributed by atoms with van der Waals surface area (Å²) in [4.78, 5) is 17.1. The van der Waals surface area contributed by atoms with Crippen molar-refractivity contribution in [1.29, 1.82) is 0 Å². The van der Waals surface area contributed by atoms with Crippen molar-refractivity contribution in [2.24, 2.45) is 5.92 Å². The Kier molecular flexibility index (Phi) is 7.93. The Bertz CT molecular complexity index is 1360. The first-order chi connectivity index (χ1) is 18.2. The second kappa shape index (κ2) is 11.2. The van der Waals surface area contributed by atoms with E-state index in [4.69, 9.17) is 4.74 Å². The van der Waals surface area contributed by atoms with Gasteiger partial charge in [0, 0.05) is 18.0 Å². The Balaban J connectivity index is 1.35. The molecule has 1 aromatic heterocycles. The first-order valence-electron chi connectivity index (χ1n) is 13.4. The summed E-state index contributed by atoms with van der Waals surface area (Å²) in [5.41, 5.74) is 3.34. The van der Waals surface area contributed by atoms with Crippen LogP contribution in [0.4, 0.5) is 0 Å². The van der Waals surface area contributed by atoms with Gasteiger partial charge in [0.15, 0.2) is 0 Å². The number of nitrogens with zero attached hydrogens (tertiary/aromatic N) is 2. The van der Waals surface area contributed by atoms with Crippen LogP contribution in [-0.2, 0) is 21.2 Å². The number of sulfonamides is 1. The van der Waals surface area contributed by atoms with Crippen molar-refractivity contribution in [2.45, 2.75) is 56.9 Å². The van der Waals surface area contributed by atoms with Gasteiger partial charge in [0.2, 0.25) is 15.9 Å². The van der Waals surface area contributed by atoms with E-state index < -0.39 is 10.0 Å². The minimum Gasteiger partial charge on any atom is -0.491 e. The predicted octanol–water partition coefficient (Wildman–Crippen LogP) is 5.79. The topological polar surface area (TPSA) is 66.9 Å². The van der Waals surface area contributed by atoms with E-state index in [1.165, 1.54) is 14.7 Å². The minimum atomic E-state index is -3.78. The van der Waals surface area contributed by atoms with Crippen LogP contribution in [-0.4, -0.2) is 49.8 Å². The van der Waals surface area contributed by atoms with Crippen molar-refractivity contribution in [2.75, 3.05) is 26.2 Å². The lowest BCUT2D eigenvalue weighted by molar-refractivity contribution is -0.135. The van der Waals surface area contributed by atoms with E-state index in [0.29, 0.717) is 31.5 Å². The monoisotopic (exact) mass is 552 g/mol. The maximum atomic E-state index is 13.8. The molecule has 2 heterocycles. The van der Waals surface area contributed by atoms with Gasteiger partial charge in [-0.3, -0.25) is 4.79 Å². The molecule has 0 saturated heterocycles. The predicted molar refractivity (Wildman–Crippen MR) is 151 cm³/mol. The van der Waals surface area contributed by atoms with Gasteiger partial charge in [-0.05, 0) is 84.9 Å². The second-order valence-electron chi connectivity index (χ2n) is 10.7. The van der Waals surface area contributed by atoms with Crippen molar-refractivity contribution in [3.63, 3.8) is 0 Å². The molecule has 38 heavy (non-hydrogen) atoms. The summed E-state index contributed by atoms with van der Waals surface area (Å²) < 4.78 is 34.7. The van der Waals surface area contributed by atoms with Gasteiger partial charge in [-0.25, -0.2) is 8.42 Å². The number of carbonyl (C=O) groups excluding carboxylic acids is 1. The highest BCUT2D eigenvalue weighted by molar-refractivity contribution is 7.89. The summed E-state index contributed by atoms with van der Waals surface area (Å²) in [6, 6.07) is 16.8. The van der Waals surface area contributed by atoms with Gasteiger partial charge in [0.05, 0.1) is 17.5 Å². The molecule has 3 aromatic rings. The van der Waals surface area contributed by atoms with Gasteiger partial charge in [-0.1, -0.05) is 43.7 Å². The van der Waals surface area contributed by atoms with E-state index >= 15 is 0 Å². The third-order valence-corrected chi connectivity index (χ3v) is 10.3. The Morgan fingerprint density at radius 2 is 1.79 bits per heavy atom. The largest absolute Gasteiger partial charge is 0.491 e. The number of hydrogen-bond acceptors (Lipinski definition) is 5. The SMILES string of the molecule is Cc1ccc(S(=O)(=O)N(CC(=O)N2CCc3sccc3[C@H]2COc2ccc(C(C)C)cc2)CC2CC2)cc1. The Labute approximate surface area is 230 Å². The van der Waals surface area contributed by atoms with Gasteiger partial charge in [-0.15, -0.1) is 11.3 Å². The lowest BCUT2D eigenvalue weighted by Gasteiger charge is -2.37. The Morgan fingerprint density at radius 1 is 1.08 bits per heavy atom. The number of hydrogen-bond donors (Lipinski definition) is 0. The zero-order valence-corrected chi connectivity index (χ0v) is 23.9. The molecule has 1 atom stereocenters. The molecule has 0 spiro atoms. The summed E-state index contributed by atoms with van der Waals surface area (Å²) >= 11 is 1.70. The van der Waals surface area contributed by atoms with Gasteiger partial charge < -0.3 is 9.64 Å². The molecule has 1 aliphatic heterocycles. The molecule has 1 fully saturated rings. The zero-order chi connectivity index (χ0) is 26.9. The van der Waals surface area contributed by atoms with E-state index in [-0.39, 0.29) is 23.4 Å². The average Bonchev–Trinajstić information content (AvgIpc) is 3.59. The molecular formula is C30H36N2O4S2. The summed E-state index contributed by atoms with van der Waals surface area (Å²) in [5.74, 6) is 1.35. The molecular weight excluding hydrogens is 516 g/mol. The van der Waals surface area contributed by atoms with Gasteiger partial charge in [-0.2, -0.15) is 4.31 Å². The number of carbonyl (C=O) groups is 1. The Hall–Kier alpha value is -2.68. The first-order valence-corrected chi connectivity index (χ1v) is 15.7. The van der Waals surface area contributed by atoms with Crippen LogP contribution in [0.1, 0.15) is 60.2 Å². The molecule has 5 rings (SSSR count). The van der Waals surface area contributed by atoms with E-state index in [9.17, 15) is 13.2 Å². The third-order valence-electron chi connectivity index (χ3n) is 7.50. The maximum absolute atomic E-state index is 13.8. The summed E-state index contributed by atoms with van der Waals surface area (Å²) in [5, 5.41) is 2.06.